The van der Waals surface area contributed by atoms with Crippen LogP contribution in [0.4, 0.5) is 21.2 Å². The number of amides is 3. The van der Waals surface area contributed by atoms with Gasteiger partial charge in [-0.05, 0) is 75.0 Å². The van der Waals surface area contributed by atoms with Gasteiger partial charge in [0.15, 0.2) is 5.60 Å². The Morgan fingerprint density at radius 2 is 1.88 bits per heavy atom. The van der Waals surface area contributed by atoms with Gasteiger partial charge in [0.1, 0.15) is 0 Å². The van der Waals surface area contributed by atoms with Crippen LogP contribution in [0.15, 0.2) is 42.5 Å². The van der Waals surface area contributed by atoms with E-state index in [2.05, 4.69) is 0 Å². The highest BCUT2D eigenvalue weighted by Crippen LogP contribution is 2.61. The van der Waals surface area contributed by atoms with Gasteiger partial charge < -0.3 is 28.5 Å². The second-order valence-electron chi connectivity index (χ2n) is 14.1. The van der Waals surface area contributed by atoms with Crippen molar-refractivity contribution in [2.75, 3.05) is 36.6 Å². The topological polar surface area (TPSA) is 117 Å². The molecule has 4 aliphatic rings. The third kappa shape index (κ3) is 5.85. The van der Waals surface area contributed by atoms with Crippen molar-refractivity contribution < 1.29 is 37.9 Å². The Morgan fingerprint density at radius 1 is 1.10 bits per heavy atom. The predicted molar refractivity (Wildman–Crippen MR) is 181 cm³/mol. The standard InChI is InChI=1S/C36H46FN3O7Si/c1-23-34(48(3,4)37)30(21-32(43)38-19-9-11-26(38)22-41)47-36(23)27-20-25(40-28-12-6-5-10-24(28)14-17-31(40)42)15-16-29(27)39(35(36)45)18-8-7-13-33(44)46-2/h5-6,10,12,15-16,20,23,26,30,34,41H,7-9,11,13-14,17-19,21-22H2,1-4H3/t23-,26+,30+,34-,36+/m1/s1. The van der Waals surface area contributed by atoms with Crippen LogP contribution in [0.5, 0.6) is 0 Å². The van der Waals surface area contributed by atoms with E-state index >= 15 is 4.11 Å². The van der Waals surface area contributed by atoms with E-state index in [9.17, 15) is 24.3 Å². The molecule has 2 aromatic rings. The maximum Gasteiger partial charge on any atom is 0.305 e. The van der Waals surface area contributed by atoms with Crippen molar-refractivity contribution in [3.05, 3.63) is 53.6 Å². The number of aliphatic hydroxyl groups excluding tert-OH is 1. The number of hydrogen-bond donors (Lipinski definition) is 1. The number of unbranched alkanes of at least 4 members (excludes halogenated alkanes) is 1. The van der Waals surface area contributed by atoms with E-state index < -0.39 is 31.6 Å². The molecule has 4 aliphatic heterocycles. The third-order valence-corrected chi connectivity index (χ3v) is 13.3. The average molecular weight is 680 g/mol. The lowest BCUT2D eigenvalue weighted by Gasteiger charge is -2.32. The molecule has 0 unspecified atom stereocenters. The van der Waals surface area contributed by atoms with Gasteiger partial charge in [0.2, 0.25) is 20.2 Å². The Balaban J connectivity index is 1.41. The molecule has 258 valence electrons. The maximum atomic E-state index is 16.4. The fourth-order valence-electron chi connectivity index (χ4n) is 8.59. The smallest absolute Gasteiger partial charge is 0.305 e. The van der Waals surface area contributed by atoms with Crippen molar-refractivity contribution in [1.82, 2.24) is 4.90 Å². The van der Waals surface area contributed by atoms with Gasteiger partial charge in [0.05, 0.1) is 43.7 Å². The largest absolute Gasteiger partial charge is 0.469 e. The predicted octanol–water partition coefficient (Wildman–Crippen LogP) is 5.14. The summed E-state index contributed by atoms with van der Waals surface area (Å²) in [6.07, 6.45) is 2.79. The van der Waals surface area contributed by atoms with Crippen molar-refractivity contribution in [3.63, 3.8) is 0 Å². The maximum absolute atomic E-state index is 16.4. The zero-order valence-corrected chi connectivity index (χ0v) is 29.2. The van der Waals surface area contributed by atoms with Crippen LogP contribution in [0.25, 0.3) is 0 Å². The lowest BCUT2D eigenvalue weighted by atomic mass is 9.82. The molecule has 4 heterocycles. The van der Waals surface area contributed by atoms with Crippen molar-refractivity contribution in [1.29, 1.82) is 0 Å². The van der Waals surface area contributed by atoms with Gasteiger partial charge in [-0.25, -0.2) is 0 Å². The van der Waals surface area contributed by atoms with Gasteiger partial charge >= 0.3 is 5.97 Å². The highest BCUT2D eigenvalue weighted by Gasteiger charge is 2.67. The van der Waals surface area contributed by atoms with Crippen LogP contribution < -0.4 is 9.80 Å². The van der Waals surface area contributed by atoms with Crippen LogP contribution >= 0.6 is 0 Å². The fourth-order valence-corrected chi connectivity index (χ4v) is 11.1. The minimum atomic E-state index is -3.53. The molecule has 48 heavy (non-hydrogen) atoms. The summed E-state index contributed by atoms with van der Waals surface area (Å²) in [5.41, 5.74) is 1.37. The molecule has 1 spiro atoms. The molecule has 0 aliphatic carbocycles. The molecule has 12 heteroatoms. The van der Waals surface area contributed by atoms with E-state index in [0.29, 0.717) is 62.1 Å². The van der Waals surface area contributed by atoms with E-state index in [1.54, 1.807) is 27.8 Å². The summed E-state index contributed by atoms with van der Waals surface area (Å²) in [5, 5.41) is 9.87. The van der Waals surface area contributed by atoms with Gasteiger partial charge in [0.25, 0.3) is 5.91 Å². The molecule has 2 fully saturated rings. The number of likely N-dealkylation sites (tertiary alicyclic amines) is 1. The summed E-state index contributed by atoms with van der Waals surface area (Å²) >= 11 is 0. The van der Waals surface area contributed by atoms with Gasteiger partial charge in [-0.15, -0.1) is 0 Å². The van der Waals surface area contributed by atoms with Crippen LogP contribution in [0.3, 0.4) is 0 Å². The molecule has 6 rings (SSSR count). The number of halogens is 1. The molecule has 1 N–H and O–H groups in total. The number of esters is 1. The zero-order valence-electron chi connectivity index (χ0n) is 28.2. The van der Waals surface area contributed by atoms with Crippen molar-refractivity contribution in [3.8, 4) is 0 Å². The number of anilines is 3. The van der Waals surface area contributed by atoms with Crippen molar-refractivity contribution >= 4 is 49.2 Å². The number of ether oxygens (including phenoxy) is 2. The number of para-hydroxylation sites is 1. The number of carbonyl (C=O) groups excluding carboxylic acids is 4. The monoisotopic (exact) mass is 679 g/mol. The van der Waals surface area contributed by atoms with Crippen LogP contribution in [-0.2, 0) is 40.7 Å². The average Bonchev–Trinajstić information content (AvgIpc) is 3.72. The molecule has 0 bridgehead atoms. The summed E-state index contributed by atoms with van der Waals surface area (Å²) in [4.78, 5) is 58.7. The number of carbonyl (C=O) groups is 4. The first-order valence-corrected chi connectivity index (χ1v) is 20.1. The minimum absolute atomic E-state index is 0.0604. The second kappa shape index (κ2) is 13.4. The van der Waals surface area contributed by atoms with E-state index in [1.165, 1.54) is 7.11 Å². The Morgan fingerprint density at radius 3 is 2.60 bits per heavy atom. The second-order valence-corrected chi connectivity index (χ2v) is 17.9. The highest BCUT2D eigenvalue weighted by molar-refractivity contribution is 6.72. The molecular formula is C36H46FN3O7Si. The molecule has 2 aromatic carbocycles. The van der Waals surface area contributed by atoms with Gasteiger partial charge in [-0.2, -0.15) is 0 Å². The molecule has 0 aromatic heterocycles. The molecular weight excluding hydrogens is 633 g/mol. The van der Waals surface area contributed by atoms with Gasteiger partial charge in [-0.1, -0.05) is 25.1 Å². The quantitative estimate of drug-likeness (QED) is 0.160. The summed E-state index contributed by atoms with van der Waals surface area (Å²) in [7, 11) is -2.19. The Bertz CT molecular complexity index is 1600. The van der Waals surface area contributed by atoms with E-state index in [-0.39, 0.29) is 49.2 Å². The Kier molecular flexibility index (Phi) is 9.53. The number of methoxy groups -OCH3 is 1. The first-order chi connectivity index (χ1) is 22.9. The third-order valence-electron chi connectivity index (χ3n) is 10.8. The number of nitrogens with zero attached hydrogens (tertiary/aromatic N) is 3. The number of aryl methyl sites for hydroxylation is 1. The molecule has 3 amide bonds. The summed E-state index contributed by atoms with van der Waals surface area (Å²) < 4.78 is 28.0. The molecule has 0 radical (unpaired) electrons. The lowest BCUT2D eigenvalue weighted by Crippen LogP contribution is -2.45. The van der Waals surface area contributed by atoms with Gasteiger partial charge in [0, 0.05) is 48.6 Å². The molecule has 0 saturated carbocycles. The summed E-state index contributed by atoms with van der Waals surface area (Å²) in [6.45, 7) is 5.75. The van der Waals surface area contributed by atoms with Crippen LogP contribution in [0, 0.1) is 5.92 Å². The van der Waals surface area contributed by atoms with Crippen LogP contribution in [0.2, 0.25) is 18.6 Å². The summed E-state index contributed by atoms with van der Waals surface area (Å²) in [5.74, 6) is -1.53. The molecule has 5 atom stereocenters. The molecule has 10 nitrogen and oxygen atoms in total. The lowest BCUT2D eigenvalue weighted by molar-refractivity contribution is -0.150. The number of fused-ring (bicyclic) bond motifs is 3. The number of aliphatic hydroxyl groups is 1. The van der Waals surface area contributed by atoms with Crippen LogP contribution in [0.1, 0.15) is 63.0 Å². The first kappa shape index (κ1) is 34.3. The van der Waals surface area contributed by atoms with E-state index in [0.717, 1.165) is 17.7 Å². The number of hydrogen-bond acceptors (Lipinski definition) is 7. The summed E-state index contributed by atoms with van der Waals surface area (Å²) in [6, 6.07) is 13.0. The normalized spacial score (nSPS) is 26.8. The Labute approximate surface area is 282 Å². The highest BCUT2D eigenvalue weighted by atomic mass is 28.4. The van der Waals surface area contributed by atoms with Crippen LogP contribution in [-0.4, -0.2) is 81.1 Å². The Hall–Kier alpha value is -3.61. The van der Waals surface area contributed by atoms with Gasteiger partial charge in [-0.3, -0.25) is 24.1 Å². The number of benzene rings is 2. The van der Waals surface area contributed by atoms with Crippen molar-refractivity contribution in [2.24, 2.45) is 5.92 Å². The van der Waals surface area contributed by atoms with Crippen molar-refractivity contribution in [2.45, 2.75) is 94.7 Å². The van der Waals surface area contributed by atoms with E-state index in [4.69, 9.17) is 9.47 Å². The first-order valence-electron chi connectivity index (χ1n) is 17.1. The number of rotatable bonds is 10. The minimum Gasteiger partial charge on any atom is -0.469 e. The zero-order chi connectivity index (χ0) is 34.4. The van der Waals surface area contributed by atoms with E-state index in [1.807, 2.05) is 49.4 Å². The fraction of sp³-hybridized carbons (Fsp3) is 0.556. The molecule has 2 saturated heterocycles. The SMILES string of the molecule is COC(=O)CCCCN1C(=O)[C@@]2(O[C@@H](CC(=O)N3CCC[C@H]3CO)[C@H]([Si](C)(C)F)[C@H]2C)c2cc(N3C(=O)CCc4ccccc43)ccc21.